The van der Waals surface area contributed by atoms with Gasteiger partial charge in [-0.25, -0.2) is 4.79 Å². The van der Waals surface area contributed by atoms with Crippen LogP contribution in [0.5, 0.6) is 5.75 Å². The zero-order valence-electron chi connectivity index (χ0n) is 19.6. The predicted molar refractivity (Wildman–Crippen MR) is 131 cm³/mol. The molecule has 4 rings (SSSR count). The van der Waals surface area contributed by atoms with Crippen LogP contribution in [-0.4, -0.2) is 74.3 Å². The van der Waals surface area contributed by atoms with Crippen molar-refractivity contribution in [2.45, 2.75) is 19.4 Å². The Balaban J connectivity index is 1.16. The van der Waals surface area contributed by atoms with Crippen molar-refractivity contribution in [3.8, 4) is 5.75 Å². The van der Waals surface area contributed by atoms with Crippen molar-refractivity contribution < 1.29 is 19.1 Å². The first kappa shape index (κ1) is 24.0. The molecule has 34 heavy (non-hydrogen) atoms. The van der Waals surface area contributed by atoms with E-state index in [9.17, 15) is 9.59 Å². The van der Waals surface area contributed by atoms with Crippen LogP contribution in [0.25, 0.3) is 0 Å². The van der Waals surface area contributed by atoms with Crippen molar-refractivity contribution >= 4 is 17.6 Å². The second-order valence-electron chi connectivity index (χ2n) is 8.73. The molecule has 2 aliphatic rings. The number of nitrogens with zero attached hydrogens (tertiary/aromatic N) is 2. The summed E-state index contributed by atoms with van der Waals surface area (Å²) in [5.74, 6) is 0.785. The van der Waals surface area contributed by atoms with Crippen molar-refractivity contribution in [3.05, 3.63) is 60.2 Å². The highest BCUT2D eigenvalue weighted by molar-refractivity contribution is 5.89. The van der Waals surface area contributed by atoms with Crippen molar-refractivity contribution in [2.24, 2.45) is 5.92 Å². The molecule has 0 atom stereocenters. The van der Waals surface area contributed by atoms with Gasteiger partial charge in [-0.3, -0.25) is 9.69 Å². The van der Waals surface area contributed by atoms with Crippen LogP contribution in [0.1, 0.15) is 18.4 Å². The maximum absolute atomic E-state index is 12.7. The minimum atomic E-state index is -0.115. The van der Waals surface area contributed by atoms with E-state index >= 15 is 0 Å². The Morgan fingerprint density at radius 3 is 2.50 bits per heavy atom. The summed E-state index contributed by atoms with van der Waals surface area (Å²) < 4.78 is 11.3. The van der Waals surface area contributed by atoms with E-state index in [0.717, 1.165) is 49.8 Å². The van der Waals surface area contributed by atoms with Gasteiger partial charge in [-0.05, 0) is 42.7 Å². The van der Waals surface area contributed by atoms with Crippen LogP contribution in [0.4, 0.5) is 10.5 Å². The van der Waals surface area contributed by atoms with Crippen molar-refractivity contribution in [2.75, 3.05) is 57.9 Å². The summed E-state index contributed by atoms with van der Waals surface area (Å²) in [6.07, 6.45) is 1.33. The average Bonchev–Trinajstić information content (AvgIpc) is 2.89. The van der Waals surface area contributed by atoms with E-state index in [0.29, 0.717) is 39.1 Å². The normalized spacial score (nSPS) is 17.2. The van der Waals surface area contributed by atoms with Gasteiger partial charge in [0.2, 0.25) is 5.91 Å². The summed E-state index contributed by atoms with van der Waals surface area (Å²) in [6.45, 7) is 6.60. The molecule has 8 nitrogen and oxygen atoms in total. The second kappa shape index (κ2) is 12.4. The van der Waals surface area contributed by atoms with Gasteiger partial charge in [0.1, 0.15) is 12.4 Å². The Hall–Kier alpha value is -3.10. The number of benzene rings is 2. The summed E-state index contributed by atoms with van der Waals surface area (Å²) in [4.78, 5) is 29.2. The summed E-state index contributed by atoms with van der Waals surface area (Å²) in [5, 5.41) is 5.96. The number of amides is 3. The van der Waals surface area contributed by atoms with E-state index in [1.54, 1.807) is 4.90 Å². The molecule has 0 aromatic heterocycles. The van der Waals surface area contributed by atoms with Crippen molar-refractivity contribution in [1.29, 1.82) is 0 Å². The number of nitrogens with one attached hydrogen (secondary N) is 2. The molecule has 3 amide bonds. The number of piperidine rings is 1. The van der Waals surface area contributed by atoms with Gasteiger partial charge in [0.05, 0.1) is 13.2 Å². The number of hydrogen-bond donors (Lipinski definition) is 2. The largest absolute Gasteiger partial charge is 0.492 e. The Kier molecular flexibility index (Phi) is 8.76. The number of morpholine rings is 1. The number of ether oxygens (including phenoxy) is 2. The Morgan fingerprint density at radius 1 is 0.971 bits per heavy atom. The SMILES string of the molecule is O=C(NCc1cccc(OCCN2CCOCC2)c1)C1CCN(C(=O)Nc2ccccc2)CC1. The molecule has 0 spiro atoms. The number of anilines is 1. The standard InChI is InChI=1S/C26H34N4O4/c31-25(22-9-11-30(12-10-22)26(32)28-23-6-2-1-3-7-23)27-20-21-5-4-8-24(19-21)34-18-15-29-13-16-33-17-14-29/h1-8,19,22H,9-18,20H2,(H,27,31)(H,28,32). The highest BCUT2D eigenvalue weighted by atomic mass is 16.5. The van der Waals surface area contributed by atoms with E-state index in [4.69, 9.17) is 9.47 Å². The Bertz CT molecular complexity index is 925. The molecular formula is C26H34N4O4. The van der Waals surface area contributed by atoms with Crippen LogP contribution in [0.2, 0.25) is 0 Å². The molecule has 182 valence electrons. The van der Waals surface area contributed by atoms with E-state index in [-0.39, 0.29) is 17.9 Å². The number of hydrogen-bond acceptors (Lipinski definition) is 5. The maximum atomic E-state index is 12.7. The second-order valence-corrected chi connectivity index (χ2v) is 8.73. The fourth-order valence-corrected chi connectivity index (χ4v) is 4.26. The molecule has 2 aromatic carbocycles. The first-order valence-electron chi connectivity index (χ1n) is 12.1. The van der Waals surface area contributed by atoms with Gasteiger partial charge in [0.25, 0.3) is 0 Å². The summed E-state index contributed by atoms with van der Waals surface area (Å²) >= 11 is 0. The van der Waals surface area contributed by atoms with Crippen molar-refractivity contribution in [1.82, 2.24) is 15.1 Å². The molecule has 0 bridgehead atoms. The van der Waals surface area contributed by atoms with E-state index in [2.05, 4.69) is 15.5 Å². The van der Waals surface area contributed by atoms with E-state index in [1.165, 1.54) is 0 Å². The maximum Gasteiger partial charge on any atom is 0.321 e. The van der Waals surface area contributed by atoms with Gasteiger partial charge in [-0.2, -0.15) is 0 Å². The molecule has 0 unspecified atom stereocenters. The van der Waals surface area contributed by atoms with Gasteiger partial charge >= 0.3 is 6.03 Å². The van der Waals surface area contributed by atoms with E-state index < -0.39 is 0 Å². The van der Waals surface area contributed by atoms with Crippen LogP contribution in [0.15, 0.2) is 54.6 Å². The predicted octanol–water partition coefficient (Wildman–Crippen LogP) is 2.96. The van der Waals surface area contributed by atoms with Gasteiger partial charge in [-0.1, -0.05) is 30.3 Å². The third kappa shape index (κ3) is 7.20. The van der Waals surface area contributed by atoms with E-state index in [1.807, 2.05) is 54.6 Å². The van der Waals surface area contributed by atoms with Crippen LogP contribution < -0.4 is 15.4 Å². The van der Waals surface area contributed by atoms with Crippen molar-refractivity contribution in [3.63, 3.8) is 0 Å². The molecule has 2 saturated heterocycles. The number of rotatable bonds is 8. The number of likely N-dealkylation sites (tertiary alicyclic amines) is 1. The van der Waals surface area contributed by atoms with Gasteiger partial charge in [0, 0.05) is 50.9 Å². The topological polar surface area (TPSA) is 83.1 Å². The molecule has 0 aliphatic carbocycles. The number of urea groups is 1. The first-order valence-corrected chi connectivity index (χ1v) is 12.1. The zero-order valence-corrected chi connectivity index (χ0v) is 19.6. The smallest absolute Gasteiger partial charge is 0.321 e. The van der Waals surface area contributed by atoms with Crippen LogP contribution in [0.3, 0.4) is 0 Å². The lowest BCUT2D eigenvalue weighted by Gasteiger charge is -2.31. The Labute approximate surface area is 201 Å². The quantitative estimate of drug-likeness (QED) is 0.625. The highest BCUT2D eigenvalue weighted by Gasteiger charge is 2.27. The fourth-order valence-electron chi connectivity index (χ4n) is 4.26. The zero-order chi connectivity index (χ0) is 23.6. The molecule has 0 saturated carbocycles. The molecular weight excluding hydrogens is 432 g/mol. The lowest BCUT2D eigenvalue weighted by atomic mass is 9.96. The molecule has 2 heterocycles. The number of carbonyl (C=O) groups is 2. The monoisotopic (exact) mass is 466 g/mol. The minimum Gasteiger partial charge on any atom is -0.492 e. The molecule has 0 radical (unpaired) electrons. The fraction of sp³-hybridized carbons (Fsp3) is 0.462. The third-order valence-electron chi connectivity index (χ3n) is 6.32. The lowest BCUT2D eigenvalue weighted by molar-refractivity contribution is -0.126. The number of para-hydroxylation sites is 1. The number of carbonyl (C=O) groups excluding carboxylic acids is 2. The first-order chi connectivity index (χ1) is 16.7. The molecule has 2 aliphatic heterocycles. The minimum absolute atomic E-state index is 0.0433. The van der Waals surface area contributed by atoms with Crippen LogP contribution >= 0.6 is 0 Å². The average molecular weight is 467 g/mol. The van der Waals surface area contributed by atoms with Gasteiger partial charge in [0.15, 0.2) is 0 Å². The summed E-state index contributed by atoms with van der Waals surface area (Å²) in [5.41, 5.74) is 1.79. The summed E-state index contributed by atoms with van der Waals surface area (Å²) in [7, 11) is 0. The highest BCUT2D eigenvalue weighted by Crippen LogP contribution is 2.19. The summed E-state index contributed by atoms with van der Waals surface area (Å²) in [6, 6.07) is 17.2. The van der Waals surface area contributed by atoms with Gasteiger partial charge in [-0.15, -0.1) is 0 Å². The molecule has 8 heteroatoms. The molecule has 2 N–H and O–H groups in total. The third-order valence-corrected chi connectivity index (χ3v) is 6.32. The van der Waals surface area contributed by atoms with Crippen LogP contribution in [-0.2, 0) is 16.1 Å². The molecule has 2 aromatic rings. The van der Waals surface area contributed by atoms with Gasteiger partial charge < -0.3 is 25.0 Å². The Morgan fingerprint density at radius 2 is 1.74 bits per heavy atom. The molecule has 2 fully saturated rings. The van der Waals surface area contributed by atoms with Crippen LogP contribution in [0, 0.1) is 5.92 Å². The lowest BCUT2D eigenvalue weighted by Crippen LogP contribution is -2.44.